The van der Waals surface area contributed by atoms with Crippen LogP contribution >= 0.6 is 15.9 Å². The zero-order valence-corrected chi connectivity index (χ0v) is 14.7. The third kappa shape index (κ3) is 3.49. The van der Waals surface area contributed by atoms with Crippen molar-refractivity contribution in [3.63, 3.8) is 0 Å². The van der Waals surface area contributed by atoms with Gasteiger partial charge in [0.15, 0.2) is 0 Å². The Bertz CT molecular complexity index is 516. The number of rotatable bonds is 2. The summed E-state index contributed by atoms with van der Waals surface area (Å²) < 4.78 is 0.987. The molecule has 3 heteroatoms. The molecule has 0 spiro atoms. The summed E-state index contributed by atoms with van der Waals surface area (Å²) in [4.78, 5) is 0. The third-order valence-electron chi connectivity index (χ3n) is 5.03. The van der Waals surface area contributed by atoms with E-state index in [4.69, 9.17) is 0 Å². The monoisotopic (exact) mass is 349 g/mol. The first kappa shape index (κ1) is 16.5. The first-order valence-corrected chi connectivity index (χ1v) is 8.42. The lowest BCUT2D eigenvalue weighted by Gasteiger charge is -2.42. The Balaban J connectivity index is 2.17. The van der Waals surface area contributed by atoms with Crippen molar-refractivity contribution in [3.05, 3.63) is 34.3 Å². The van der Waals surface area contributed by atoms with E-state index in [1.807, 2.05) is 24.3 Å². The van der Waals surface area contributed by atoms with E-state index < -0.39 is 11.5 Å². The van der Waals surface area contributed by atoms with E-state index in [0.717, 1.165) is 35.7 Å². The van der Waals surface area contributed by atoms with Crippen molar-refractivity contribution < 1.29 is 5.11 Å². The average molecular weight is 350 g/mol. The van der Waals surface area contributed by atoms with Crippen LogP contribution in [0.25, 0.3) is 0 Å². The molecule has 1 aromatic rings. The molecule has 1 aliphatic rings. The standard InChI is InChI=1S/C18H24BrNO/c1-17(2,3)14-8-10-18(12-20,11-9-14)16(21)13-4-6-15(19)7-5-13/h4-7,14,16,21H,8-11H2,1-3H3. The Labute approximate surface area is 136 Å². The number of hydrogen-bond acceptors (Lipinski definition) is 2. The minimum Gasteiger partial charge on any atom is -0.387 e. The SMILES string of the molecule is CC(C)(C)C1CCC(C#N)(C(O)c2ccc(Br)cc2)CC1. The molecule has 1 N–H and O–H groups in total. The quantitative estimate of drug-likeness (QED) is 0.794. The smallest absolute Gasteiger partial charge is 0.0976 e. The fourth-order valence-corrected chi connectivity index (χ4v) is 3.67. The maximum absolute atomic E-state index is 10.7. The van der Waals surface area contributed by atoms with Crippen molar-refractivity contribution in [1.29, 1.82) is 5.26 Å². The van der Waals surface area contributed by atoms with Crippen LogP contribution in [-0.2, 0) is 0 Å². The lowest BCUT2D eigenvalue weighted by Crippen LogP contribution is -2.36. The van der Waals surface area contributed by atoms with Gasteiger partial charge in [-0.15, -0.1) is 0 Å². The van der Waals surface area contributed by atoms with Gasteiger partial charge in [0.2, 0.25) is 0 Å². The Morgan fingerprint density at radius 1 is 1.24 bits per heavy atom. The molecular formula is C18H24BrNO. The van der Waals surface area contributed by atoms with Crippen molar-refractivity contribution in [1.82, 2.24) is 0 Å². The van der Waals surface area contributed by atoms with E-state index >= 15 is 0 Å². The van der Waals surface area contributed by atoms with Crippen molar-refractivity contribution in [2.45, 2.75) is 52.6 Å². The highest BCUT2D eigenvalue weighted by Crippen LogP contribution is 2.50. The van der Waals surface area contributed by atoms with Crippen molar-refractivity contribution in [2.24, 2.45) is 16.7 Å². The molecule has 1 atom stereocenters. The molecule has 0 radical (unpaired) electrons. The zero-order valence-electron chi connectivity index (χ0n) is 13.1. The van der Waals surface area contributed by atoms with E-state index in [1.165, 1.54) is 0 Å². The molecule has 2 rings (SSSR count). The van der Waals surface area contributed by atoms with Gasteiger partial charge in [0.1, 0.15) is 0 Å². The van der Waals surface area contributed by atoms with Gasteiger partial charge < -0.3 is 5.11 Å². The topological polar surface area (TPSA) is 44.0 Å². The normalized spacial score (nSPS) is 27.9. The van der Waals surface area contributed by atoms with Gasteiger partial charge in [-0.25, -0.2) is 0 Å². The zero-order chi connectivity index (χ0) is 15.7. The maximum Gasteiger partial charge on any atom is 0.0976 e. The predicted molar refractivity (Wildman–Crippen MR) is 88.6 cm³/mol. The third-order valence-corrected chi connectivity index (χ3v) is 5.56. The maximum atomic E-state index is 10.7. The molecule has 2 nitrogen and oxygen atoms in total. The van der Waals surface area contributed by atoms with Crippen molar-refractivity contribution in [2.75, 3.05) is 0 Å². The number of nitrogens with zero attached hydrogens (tertiary/aromatic N) is 1. The first-order chi connectivity index (χ1) is 9.78. The molecule has 1 aromatic carbocycles. The summed E-state index contributed by atoms with van der Waals surface area (Å²) in [6, 6.07) is 10.1. The fourth-order valence-electron chi connectivity index (χ4n) is 3.41. The first-order valence-electron chi connectivity index (χ1n) is 7.63. The van der Waals surface area contributed by atoms with Gasteiger partial charge in [0.05, 0.1) is 17.6 Å². The minimum atomic E-state index is -0.698. The Morgan fingerprint density at radius 3 is 2.19 bits per heavy atom. The summed E-state index contributed by atoms with van der Waals surface area (Å²) in [5.74, 6) is 0.635. The van der Waals surface area contributed by atoms with Gasteiger partial charge in [-0.1, -0.05) is 48.8 Å². The summed E-state index contributed by atoms with van der Waals surface area (Å²) in [6.45, 7) is 6.80. The van der Waals surface area contributed by atoms with Gasteiger partial charge >= 0.3 is 0 Å². The highest BCUT2D eigenvalue weighted by Gasteiger charge is 2.44. The second kappa shape index (κ2) is 6.10. The Hall–Kier alpha value is -0.850. The molecule has 1 fully saturated rings. The van der Waals surface area contributed by atoms with Crippen LogP contribution in [0.4, 0.5) is 0 Å². The molecule has 0 aromatic heterocycles. The van der Waals surface area contributed by atoms with Crippen LogP contribution in [0.1, 0.15) is 58.1 Å². The molecule has 0 bridgehead atoms. The molecule has 1 saturated carbocycles. The molecule has 114 valence electrons. The highest BCUT2D eigenvalue weighted by atomic mass is 79.9. The minimum absolute atomic E-state index is 0.282. The van der Waals surface area contributed by atoms with Gasteiger partial charge in [-0.05, 0) is 54.7 Å². The van der Waals surface area contributed by atoms with Crippen LogP contribution in [0.3, 0.4) is 0 Å². The van der Waals surface area contributed by atoms with Crippen molar-refractivity contribution >= 4 is 15.9 Å². The Kier molecular flexibility index (Phi) is 4.80. The molecular weight excluding hydrogens is 326 g/mol. The lowest BCUT2D eigenvalue weighted by molar-refractivity contribution is 0.00841. The second-order valence-electron chi connectivity index (χ2n) is 7.36. The predicted octanol–water partition coefficient (Wildman–Crippen LogP) is 5.23. The largest absolute Gasteiger partial charge is 0.387 e. The van der Waals surface area contributed by atoms with Crippen molar-refractivity contribution in [3.8, 4) is 6.07 Å². The molecule has 0 aliphatic heterocycles. The van der Waals surface area contributed by atoms with Crippen LogP contribution < -0.4 is 0 Å². The van der Waals surface area contributed by atoms with Gasteiger partial charge in [-0.3, -0.25) is 0 Å². The number of aliphatic hydroxyl groups excluding tert-OH is 1. The fraction of sp³-hybridized carbons (Fsp3) is 0.611. The molecule has 21 heavy (non-hydrogen) atoms. The Morgan fingerprint density at radius 2 is 1.76 bits per heavy atom. The molecule has 1 unspecified atom stereocenters. The van der Waals surface area contributed by atoms with E-state index in [0.29, 0.717) is 5.92 Å². The molecule has 0 saturated heterocycles. The van der Waals surface area contributed by atoms with Crippen LogP contribution in [0.2, 0.25) is 0 Å². The summed E-state index contributed by atoms with van der Waals surface area (Å²) in [5.41, 5.74) is 0.494. The van der Waals surface area contributed by atoms with Crippen LogP contribution in [0.5, 0.6) is 0 Å². The highest BCUT2D eigenvalue weighted by molar-refractivity contribution is 9.10. The number of nitriles is 1. The summed E-state index contributed by atoms with van der Waals surface area (Å²) in [7, 11) is 0. The number of hydrogen-bond donors (Lipinski definition) is 1. The van der Waals surface area contributed by atoms with E-state index in [2.05, 4.69) is 42.8 Å². The van der Waals surface area contributed by atoms with E-state index in [1.54, 1.807) is 0 Å². The van der Waals surface area contributed by atoms with Gasteiger partial charge in [0.25, 0.3) is 0 Å². The lowest BCUT2D eigenvalue weighted by atomic mass is 9.62. The molecule has 0 heterocycles. The molecule has 1 aliphatic carbocycles. The van der Waals surface area contributed by atoms with Gasteiger partial charge in [-0.2, -0.15) is 5.26 Å². The van der Waals surface area contributed by atoms with Crippen LogP contribution in [-0.4, -0.2) is 5.11 Å². The van der Waals surface area contributed by atoms with E-state index in [9.17, 15) is 10.4 Å². The van der Waals surface area contributed by atoms with Crippen LogP contribution in [0.15, 0.2) is 28.7 Å². The number of aliphatic hydroxyl groups is 1. The van der Waals surface area contributed by atoms with Gasteiger partial charge in [0, 0.05) is 4.47 Å². The molecule has 0 amide bonds. The van der Waals surface area contributed by atoms with E-state index in [-0.39, 0.29) is 5.41 Å². The average Bonchev–Trinajstić information content (AvgIpc) is 2.46. The summed E-state index contributed by atoms with van der Waals surface area (Å²) in [5, 5.41) is 20.4. The second-order valence-corrected chi connectivity index (χ2v) is 8.28. The van der Waals surface area contributed by atoms with Crippen LogP contribution in [0, 0.1) is 28.1 Å². The number of benzene rings is 1. The summed E-state index contributed by atoms with van der Waals surface area (Å²) in [6.07, 6.45) is 2.90. The number of halogens is 1. The summed E-state index contributed by atoms with van der Waals surface area (Å²) >= 11 is 3.40.